The minimum absolute atomic E-state index is 0.0351. The third kappa shape index (κ3) is 3.39. The maximum atomic E-state index is 13.8. The van der Waals surface area contributed by atoms with Gasteiger partial charge in [0.2, 0.25) is 0 Å². The molecule has 110 valence electrons. The van der Waals surface area contributed by atoms with Gasteiger partial charge in [0.05, 0.1) is 11.3 Å². The lowest BCUT2D eigenvalue weighted by atomic mass is 10.1. The molecule has 0 aliphatic carbocycles. The van der Waals surface area contributed by atoms with Gasteiger partial charge in [0.15, 0.2) is 0 Å². The van der Waals surface area contributed by atoms with E-state index in [0.29, 0.717) is 0 Å². The number of nitrogens with one attached hydrogen (secondary N) is 1. The fourth-order valence-electron chi connectivity index (χ4n) is 2.55. The van der Waals surface area contributed by atoms with Crippen molar-refractivity contribution in [3.05, 3.63) is 23.5 Å². The lowest BCUT2D eigenvalue weighted by molar-refractivity contribution is 0.0698. The van der Waals surface area contributed by atoms with E-state index in [2.05, 4.69) is 10.2 Å². The zero-order valence-electron chi connectivity index (χ0n) is 11.5. The van der Waals surface area contributed by atoms with Gasteiger partial charge in [-0.05, 0) is 45.0 Å². The normalized spacial score (nSPS) is 17.1. The van der Waals surface area contributed by atoms with Crippen LogP contribution in [0, 0.1) is 5.82 Å². The summed E-state index contributed by atoms with van der Waals surface area (Å²) >= 11 is 0. The molecule has 6 heteroatoms. The molecule has 4 N–H and O–H groups in total. The second kappa shape index (κ2) is 6.09. The zero-order chi connectivity index (χ0) is 14.7. The fraction of sp³-hybridized carbons (Fsp3) is 0.500. The van der Waals surface area contributed by atoms with Crippen molar-refractivity contribution in [2.45, 2.75) is 25.8 Å². The average Bonchev–Trinajstić information content (AvgIpc) is 2.84. The summed E-state index contributed by atoms with van der Waals surface area (Å²) in [4.78, 5) is 13.3. The molecule has 1 aromatic carbocycles. The van der Waals surface area contributed by atoms with E-state index in [-0.39, 0.29) is 23.0 Å². The lowest BCUT2D eigenvalue weighted by Gasteiger charge is -2.22. The number of hydrogen-bond acceptors (Lipinski definition) is 4. The minimum Gasteiger partial charge on any atom is -0.478 e. The Kier molecular flexibility index (Phi) is 4.44. The predicted octanol–water partition coefficient (Wildman–Crippen LogP) is 2.00. The van der Waals surface area contributed by atoms with Crippen LogP contribution in [0.4, 0.5) is 15.8 Å². The number of carboxylic acid groups (broad SMARTS) is 1. The molecule has 1 fully saturated rings. The molecule has 0 aromatic heterocycles. The van der Waals surface area contributed by atoms with Crippen molar-refractivity contribution in [3.8, 4) is 0 Å². The number of carboxylic acids is 1. The molecular weight excluding hydrogens is 261 g/mol. The van der Waals surface area contributed by atoms with Gasteiger partial charge in [-0.1, -0.05) is 0 Å². The summed E-state index contributed by atoms with van der Waals surface area (Å²) in [6.45, 7) is 4.90. The summed E-state index contributed by atoms with van der Waals surface area (Å²) in [5.74, 6) is -1.68. The quantitative estimate of drug-likeness (QED) is 0.719. The second-order valence-electron chi connectivity index (χ2n) is 5.28. The molecule has 1 aromatic rings. The molecule has 1 aliphatic heterocycles. The third-order valence-electron chi connectivity index (χ3n) is 3.50. The first-order valence-electron chi connectivity index (χ1n) is 6.78. The molecule has 0 bridgehead atoms. The Hall–Kier alpha value is -1.82. The van der Waals surface area contributed by atoms with E-state index >= 15 is 0 Å². The van der Waals surface area contributed by atoms with E-state index in [9.17, 15) is 9.18 Å². The van der Waals surface area contributed by atoms with Crippen molar-refractivity contribution in [3.63, 3.8) is 0 Å². The molecule has 0 radical (unpaired) electrons. The van der Waals surface area contributed by atoms with Crippen molar-refractivity contribution in [2.24, 2.45) is 0 Å². The van der Waals surface area contributed by atoms with Gasteiger partial charge in [0.25, 0.3) is 0 Å². The topological polar surface area (TPSA) is 78.6 Å². The van der Waals surface area contributed by atoms with Crippen LogP contribution in [0.25, 0.3) is 0 Å². The number of halogens is 1. The lowest BCUT2D eigenvalue weighted by Crippen LogP contribution is -2.33. The van der Waals surface area contributed by atoms with Gasteiger partial charge in [-0.2, -0.15) is 0 Å². The van der Waals surface area contributed by atoms with Crippen LogP contribution in [0.3, 0.4) is 0 Å². The number of nitrogen functional groups attached to an aromatic ring is 1. The van der Waals surface area contributed by atoms with Gasteiger partial charge in [0, 0.05) is 18.3 Å². The van der Waals surface area contributed by atoms with E-state index < -0.39 is 11.8 Å². The van der Waals surface area contributed by atoms with E-state index in [4.69, 9.17) is 10.8 Å². The Labute approximate surface area is 117 Å². The molecule has 0 amide bonds. The number of likely N-dealkylation sites (tertiary alicyclic amines) is 1. The highest BCUT2D eigenvalue weighted by atomic mass is 19.1. The Bertz CT molecular complexity index is 501. The Balaban J connectivity index is 2.07. The van der Waals surface area contributed by atoms with E-state index in [0.717, 1.165) is 25.7 Å². The average molecular weight is 281 g/mol. The largest absolute Gasteiger partial charge is 0.478 e. The van der Waals surface area contributed by atoms with Gasteiger partial charge in [-0.25, -0.2) is 9.18 Å². The van der Waals surface area contributed by atoms with Gasteiger partial charge >= 0.3 is 5.97 Å². The summed E-state index contributed by atoms with van der Waals surface area (Å²) in [7, 11) is 0. The zero-order valence-corrected chi connectivity index (χ0v) is 11.5. The maximum absolute atomic E-state index is 13.8. The van der Waals surface area contributed by atoms with Crippen LogP contribution in [0.15, 0.2) is 12.1 Å². The molecular formula is C14H20FN3O2. The molecule has 1 atom stereocenters. The number of anilines is 2. The molecule has 0 saturated carbocycles. The third-order valence-corrected chi connectivity index (χ3v) is 3.50. The number of carbonyl (C=O) groups is 1. The first-order valence-corrected chi connectivity index (χ1v) is 6.78. The first kappa shape index (κ1) is 14.6. The number of rotatable bonds is 5. The molecule has 1 unspecified atom stereocenters. The molecule has 1 saturated heterocycles. The fourth-order valence-corrected chi connectivity index (χ4v) is 2.55. The highest BCUT2D eigenvalue weighted by Gasteiger charge is 2.17. The number of nitrogens with two attached hydrogens (primary N) is 1. The van der Waals surface area contributed by atoms with Gasteiger partial charge < -0.3 is 21.1 Å². The van der Waals surface area contributed by atoms with Crippen molar-refractivity contribution in [1.82, 2.24) is 4.90 Å². The van der Waals surface area contributed by atoms with Crippen LogP contribution in [0.5, 0.6) is 0 Å². The summed E-state index contributed by atoms with van der Waals surface area (Å²) in [6, 6.07) is 2.34. The van der Waals surface area contributed by atoms with E-state index in [1.807, 2.05) is 6.92 Å². The number of aromatic carboxylic acids is 1. The summed E-state index contributed by atoms with van der Waals surface area (Å²) in [6.07, 6.45) is 2.40. The van der Waals surface area contributed by atoms with Crippen molar-refractivity contribution >= 4 is 17.3 Å². The van der Waals surface area contributed by atoms with E-state index in [1.165, 1.54) is 18.9 Å². The van der Waals surface area contributed by atoms with Crippen LogP contribution in [0.2, 0.25) is 0 Å². The van der Waals surface area contributed by atoms with Crippen molar-refractivity contribution in [1.29, 1.82) is 0 Å². The van der Waals surface area contributed by atoms with Crippen LogP contribution in [-0.2, 0) is 0 Å². The van der Waals surface area contributed by atoms with Crippen LogP contribution >= 0.6 is 0 Å². The van der Waals surface area contributed by atoms with E-state index in [1.54, 1.807) is 0 Å². The monoisotopic (exact) mass is 281 g/mol. The summed E-state index contributed by atoms with van der Waals surface area (Å²) in [5, 5.41) is 12.0. The molecule has 0 spiro atoms. The highest BCUT2D eigenvalue weighted by molar-refractivity contribution is 5.94. The maximum Gasteiger partial charge on any atom is 0.337 e. The van der Waals surface area contributed by atoms with Crippen LogP contribution < -0.4 is 11.1 Å². The molecule has 20 heavy (non-hydrogen) atoms. The number of nitrogens with zero attached hydrogens (tertiary/aromatic N) is 1. The van der Waals surface area contributed by atoms with Gasteiger partial charge in [0.1, 0.15) is 5.82 Å². The Morgan fingerprint density at radius 3 is 2.75 bits per heavy atom. The first-order chi connectivity index (χ1) is 9.47. The standard InChI is InChI=1S/C14H20FN3O2/c1-9(8-18-4-2-3-5-18)17-13-6-10(14(19)20)12(16)7-11(13)15/h6-7,9,17H,2-5,8,16H2,1H3,(H,19,20). The minimum atomic E-state index is -1.15. The van der Waals surface area contributed by atoms with Gasteiger partial charge in [-0.15, -0.1) is 0 Å². The second-order valence-corrected chi connectivity index (χ2v) is 5.28. The highest BCUT2D eigenvalue weighted by Crippen LogP contribution is 2.23. The smallest absolute Gasteiger partial charge is 0.337 e. The molecule has 2 rings (SSSR count). The predicted molar refractivity (Wildman–Crippen MR) is 76.5 cm³/mol. The summed E-state index contributed by atoms with van der Waals surface area (Å²) in [5.41, 5.74) is 5.54. The number of benzene rings is 1. The molecule has 1 aliphatic rings. The van der Waals surface area contributed by atoms with Crippen LogP contribution in [0.1, 0.15) is 30.1 Å². The van der Waals surface area contributed by atoms with Crippen molar-refractivity contribution < 1.29 is 14.3 Å². The Morgan fingerprint density at radius 2 is 2.15 bits per heavy atom. The molecule has 1 heterocycles. The van der Waals surface area contributed by atoms with Gasteiger partial charge in [-0.3, -0.25) is 0 Å². The summed E-state index contributed by atoms with van der Waals surface area (Å²) < 4.78 is 13.8. The van der Waals surface area contributed by atoms with Crippen LogP contribution in [-0.4, -0.2) is 41.7 Å². The Morgan fingerprint density at radius 1 is 1.50 bits per heavy atom. The molecule has 5 nitrogen and oxygen atoms in total. The number of hydrogen-bond donors (Lipinski definition) is 3. The SMILES string of the molecule is CC(CN1CCCC1)Nc1cc(C(=O)O)c(N)cc1F. The van der Waals surface area contributed by atoms with Crippen molar-refractivity contribution in [2.75, 3.05) is 30.7 Å².